The Balaban J connectivity index is 1.94. The van der Waals surface area contributed by atoms with Crippen LogP contribution in [-0.4, -0.2) is 11.9 Å². The molecular formula is C15H17Cl2NO. The van der Waals surface area contributed by atoms with Gasteiger partial charge >= 0.3 is 0 Å². The first-order valence-electron chi connectivity index (χ1n) is 6.59. The number of benzene rings is 1. The van der Waals surface area contributed by atoms with Crippen molar-refractivity contribution in [3.63, 3.8) is 0 Å². The van der Waals surface area contributed by atoms with Gasteiger partial charge in [-0.15, -0.1) is 0 Å². The number of hydrogen-bond acceptors (Lipinski definition) is 1. The molecule has 1 N–H and O–H groups in total. The summed E-state index contributed by atoms with van der Waals surface area (Å²) in [6.07, 6.45) is 9.07. The van der Waals surface area contributed by atoms with Crippen LogP contribution in [0.1, 0.15) is 37.7 Å². The van der Waals surface area contributed by atoms with E-state index in [0.717, 1.165) is 18.4 Å². The lowest BCUT2D eigenvalue weighted by molar-refractivity contribution is -0.117. The third kappa shape index (κ3) is 4.26. The molecule has 1 aromatic carbocycles. The number of carbonyl (C=O) groups excluding carboxylic acids is 1. The molecule has 2 rings (SSSR count). The topological polar surface area (TPSA) is 29.1 Å². The van der Waals surface area contributed by atoms with E-state index < -0.39 is 0 Å². The van der Waals surface area contributed by atoms with Gasteiger partial charge in [-0.25, -0.2) is 0 Å². The molecule has 1 saturated carbocycles. The maximum absolute atomic E-state index is 11.8. The fraction of sp³-hybridized carbons (Fsp3) is 0.400. The molecule has 1 aliphatic carbocycles. The minimum Gasteiger partial charge on any atom is -0.350 e. The van der Waals surface area contributed by atoms with Crippen LogP contribution in [0.5, 0.6) is 0 Å². The normalized spacial score (nSPS) is 16.7. The molecule has 4 heteroatoms. The van der Waals surface area contributed by atoms with Crippen molar-refractivity contribution in [1.29, 1.82) is 0 Å². The van der Waals surface area contributed by atoms with Crippen LogP contribution in [0.15, 0.2) is 24.3 Å². The lowest BCUT2D eigenvalue weighted by Crippen LogP contribution is -2.34. The van der Waals surface area contributed by atoms with Crippen LogP contribution in [0.25, 0.3) is 6.08 Å². The molecule has 102 valence electrons. The lowest BCUT2D eigenvalue weighted by atomic mass is 9.95. The predicted molar refractivity (Wildman–Crippen MR) is 80.5 cm³/mol. The van der Waals surface area contributed by atoms with Crippen LogP contribution in [0.3, 0.4) is 0 Å². The second-order valence-corrected chi connectivity index (χ2v) is 5.61. The van der Waals surface area contributed by atoms with Crippen LogP contribution in [0.4, 0.5) is 0 Å². The van der Waals surface area contributed by atoms with Crippen molar-refractivity contribution in [1.82, 2.24) is 5.32 Å². The highest BCUT2D eigenvalue weighted by atomic mass is 35.5. The summed E-state index contributed by atoms with van der Waals surface area (Å²) in [4.78, 5) is 11.8. The standard InChI is InChI=1S/C15H17Cl2NO/c16-13-8-4-5-11(15(13)17)9-10-14(19)18-12-6-2-1-3-7-12/h4-5,8-10,12H,1-3,6-7H2,(H,18,19). The summed E-state index contributed by atoms with van der Waals surface area (Å²) in [5.41, 5.74) is 0.757. The van der Waals surface area contributed by atoms with Gasteiger partial charge in [-0.3, -0.25) is 4.79 Å². The van der Waals surface area contributed by atoms with E-state index in [1.165, 1.54) is 25.3 Å². The van der Waals surface area contributed by atoms with E-state index in [9.17, 15) is 4.79 Å². The number of rotatable bonds is 3. The molecule has 19 heavy (non-hydrogen) atoms. The van der Waals surface area contributed by atoms with Gasteiger partial charge in [0.15, 0.2) is 0 Å². The minimum atomic E-state index is -0.0667. The van der Waals surface area contributed by atoms with Crippen LogP contribution < -0.4 is 5.32 Å². The second kappa shape index (κ2) is 6.97. The third-order valence-corrected chi connectivity index (χ3v) is 4.18. The van der Waals surface area contributed by atoms with Gasteiger partial charge in [0.1, 0.15) is 0 Å². The maximum atomic E-state index is 11.8. The van der Waals surface area contributed by atoms with Crippen molar-refractivity contribution in [2.75, 3.05) is 0 Å². The molecule has 0 saturated heterocycles. The van der Waals surface area contributed by atoms with E-state index in [0.29, 0.717) is 16.1 Å². The average molecular weight is 298 g/mol. The van der Waals surface area contributed by atoms with Crippen molar-refractivity contribution in [2.45, 2.75) is 38.1 Å². The summed E-state index contributed by atoms with van der Waals surface area (Å²) < 4.78 is 0. The monoisotopic (exact) mass is 297 g/mol. The minimum absolute atomic E-state index is 0.0667. The Hall–Kier alpha value is -0.990. The lowest BCUT2D eigenvalue weighted by Gasteiger charge is -2.21. The van der Waals surface area contributed by atoms with Gasteiger partial charge in [0, 0.05) is 12.1 Å². The van der Waals surface area contributed by atoms with Gasteiger partial charge in [0.05, 0.1) is 10.0 Å². The zero-order chi connectivity index (χ0) is 13.7. The highest BCUT2D eigenvalue weighted by Gasteiger charge is 2.14. The first-order valence-corrected chi connectivity index (χ1v) is 7.35. The first-order chi connectivity index (χ1) is 9.16. The Morgan fingerprint density at radius 2 is 1.95 bits per heavy atom. The predicted octanol–water partition coefficient (Wildman–Crippen LogP) is 4.46. The van der Waals surface area contributed by atoms with Crippen molar-refractivity contribution in [2.24, 2.45) is 0 Å². The number of hydrogen-bond donors (Lipinski definition) is 1. The van der Waals surface area contributed by atoms with E-state index >= 15 is 0 Å². The molecule has 1 amide bonds. The molecule has 0 radical (unpaired) electrons. The summed E-state index contributed by atoms with van der Waals surface area (Å²) in [5, 5.41) is 4.00. The summed E-state index contributed by atoms with van der Waals surface area (Å²) in [6, 6.07) is 5.69. The zero-order valence-corrected chi connectivity index (χ0v) is 12.2. The van der Waals surface area contributed by atoms with Crippen molar-refractivity contribution in [3.05, 3.63) is 39.9 Å². The summed E-state index contributed by atoms with van der Waals surface area (Å²) in [5.74, 6) is -0.0667. The number of carbonyl (C=O) groups is 1. The number of nitrogens with one attached hydrogen (secondary N) is 1. The van der Waals surface area contributed by atoms with Crippen molar-refractivity contribution >= 4 is 35.2 Å². The fourth-order valence-corrected chi connectivity index (χ4v) is 2.68. The molecule has 0 unspecified atom stereocenters. The Bertz CT molecular complexity index is 479. The van der Waals surface area contributed by atoms with E-state index in [1.807, 2.05) is 12.1 Å². The fourth-order valence-electron chi connectivity index (χ4n) is 2.31. The molecule has 0 aliphatic heterocycles. The Kier molecular flexibility index (Phi) is 5.29. The van der Waals surface area contributed by atoms with E-state index in [4.69, 9.17) is 23.2 Å². The molecule has 1 aromatic rings. The maximum Gasteiger partial charge on any atom is 0.244 e. The van der Waals surface area contributed by atoms with Crippen LogP contribution >= 0.6 is 23.2 Å². The van der Waals surface area contributed by atoms with Crippen LogP contribution in [0.2, 0.25) is 10.0 Å². The number of halogens is 2. The molecule has 0 spiro atoms. The first kappa shape index (κ1) is 14.4. The average Bonchev–Trinajstić information content (AvgIpc) is 2.42. The van der Waals surface area contributed by atoms with E-state index in [2.05, 4.69) is 5.32 Å². The van der Waals surface area contributed by atoms with Gasteiger partial charge in [0.25, 0.3) is 0 Å². The Morgan fingerprint density at radius 1 is 1.21 bits per heavy atom. The van der Waals surface area contributed by atoms with Crippen molar-refractivity contribution < 1.29 is 4.79 Å². The molecule has 1 aliphatic rings. The SMILES string of the molecule is O=C(C=Cc1cccc(Cl)c1Cl)NC1CCCCC1. The van der Waals surface area contributed by atoms with Crippen LogP contribution in [-0.2, 0) is 4.79 Å². The van der Waals surface area contributed by atoms with Gasteiger partial charge in [-0.05, 0) is 30.5 Å². The summed E-state index contributed by atoms with van der Waals surface area (Å²) in [7, 11) is 0. The quantitative estimate of drug-likeness (QED) is 0.820. The highest BCUT2D eigenvalue weighted by molar-refractivity contribution is 6.42. The molecule has 0 aromatic heterocycles. The van der Waals surface area contributed by atoms with Gasteiger partial charge in [0.2, 0.25) is 5.91 Å². The number of amides is 1. The van der Waals surface area contributed by atoms with Gasteiger partial charge in [-0.1, -0.05) is 54.6 Å². The third-order valence-electron chi connectivity index (χ3n) is 3.35. The largest absolute Gasteiger partial charge is 0.350 e. The Morgan fingerprint density at radius 3 is 2.68 bits per heavy atom. The van der Waals surface area contributed by atoms with Gasteiger partial charge < -0.3 is 5.32 Å². The second-order valence-electron chi connectivity index (χ2n) is 4.82. The smallest absolute Gasteiger partial charge is 0.244 e. The molecule has 0 atom stereocenters. The molecule has 2 nitrogen and oxygen atoms in total. The van der Waals surface area contributed by atoms with E-state index in [-0.39, 0.29) is 5.91 Å². The summed E-state index contributed by atoms with van der Waals surface area (Å²) in [6.45, 7) is 0. The molecule has 0 heterocycles. The molecule has 1 fully saturated rings. The Labute approximate surface area is 123 Å². The summed E-state index contributed by atoms with van der Waals surface area (Å²) >= 11 is 12.0. The van der Waals surface area contributed by atoms with Crippen LogP contribution in [0, 0.1) is 0 Å². The molecule has 0 bridgehead atoms. The van der Waals surface area contributed by atoms with E-state index in [1.54, 1.807) is 12.1 Å². The van der Waals surface area contributed by atoms with Crippen molar-refractivity contribution in [3.8, 4) is 0 Å². The highest BCUT2D eigenvalue weighted by Crippen LogP contribution is 2.26. The molecular weight excluding hydrogens is 281 g/mol. The van der Waals surface area contributed by atoms with Gasteiger partial charge in [-0.2, -0.15) is 0 Å². The zero-order valence-electron chi connectivity index (χ0n) is 10.7.